The lowest BCUT2D eigenvalue weighted by atomic mass is 9.87. The van der Waals surface area contributed by atoms with Crippen LogP contribution in [0.5, 0.6) is 0 Å². The number of carbonyl (C=O) groups is 1. The lowest BCUT2D eigenvalue weighted by Gasteiger charge is -2.43. The van der Waals surface area contributed by atoms with Crippen molar-refractivity contribution >= 4 is 5.91 Å². The molecule has 0 aromatic carbocycles. The van der Waals surface area contributed by atoms with Crippen LogP contribution in [0.25, 0.3) is 0 Å². The molecule has 21 heavy (non-hydrogen) atoms. The Labute approximate surface area is 130 Å². The van der Waals surface area contributed by atoms with Crippen LogP contribution in [-0.2, 0) is 4.79 Å². The molecule has 1 aliphatic rings. The molecular formula is C17H35N3O. The molecular weight excluding hydrogens is 262 g/mol. The van der Waals surface area contributed by atoms with E-state index in [1.807, 2.05) is 0 Å². The standard InChI is InChI=1S/C17H35N3O/c1-4-11-20(13-16(21)19-12-15(2)3)17(14-18)9-7-5-6-8-10-17/h15H,4-14,18H2,1-3H3,(H,19,21). The fourth-order valence-corrected chi connectivity index (χ4v) is 3.34. The summed E-state index contributed by atoms with van der Waals surface area (Å²) in [5.74, 6) is 0.643. The van der Waals surface area contributed by atoms with Crippen LogP contribution in [-0.4, -0.2) is 42.5 Å². The molecule has 0 unspecified atom stereocenters. The second-order valence-corrected chi connectivity index (χ2v) is 6.96. The zero-order valence-corrected chi connectivity index (χ0v) is 14.3. The molecule has 0 aromatic heterocycles. The fraction of sp³-hybridized carbons (Fsp3) is 0.941. The van der Waals surface area contributed by atoms with Crippen LogP contribution in [0.1, 0.15) is 65.7 Å². The topological polar surface area (TPSA) is 58.4 Å². The van der Waals surface area contributed by atoms with Gasteiger partial charge >= 0.3 is 0 Å². The summed E-state index contributed by atoms with van der Waals surface area (Å²) in [6.07, 6.45) is 8.44. The van der Waals surface area contributed by atoms with Crippen LogP contribution in [0.4, 0.5) is 0 Å². The highest BCUT2D eigenvalue weighted by Crippen LogP contribution is 2.32. The lowest BCUT2D eigenvalue weighted by molar-refractivity contribution is -0.124. The smallest absolute Gasteiger partial charge is 0.234 e. The van der Waals surface area contributed by atoms with Crippen molar-refractivity contribution in [1.82, 2.24) is 10.2 Å². The number of amides is 1. The Hall–Kier alpha value is -0.610. The van der Waals surface area contributed by atoms with E-state index in [4.69, 9.17) is 5.73 Å². The van der Waals surface area contributed by atoms with Crippen molar-refractivity contribution in [1.29, 1.82) is 0 Å². The zero-order valence-electron chi connectivity index (χ0n) is 14.3. The summed E-state index contributed by atoms with van der Waals surface area (Å²) in [4.78, 5) is 14.6. The summed E-state index contributed by atoms with van der Waals surface area (Å²) < 4.78 is 0. The first kappa shape index (κ1) is 18.4. The van der Waals surface area contributed by atoms with E-state index in [0.717, 1.165) is 32.4 Å². The van der Waals surface area contributed by atoms with Crippen molar-refractivity contribution in [3.8, 4) is 0 Å². The van der Waals surface area contributed by atoms with Crippen molar-refractivity contribution in [3.63, 3.8) is 0 Å². The minimum atomic E-state index is 0.0433. The van der Waals surface area contributed by atoms with Crippen LogP contribution in [0.2, 0.25) is 0 Å². The number of carbonyl (C=O) groups excluding carboxylic acids is 1. The molecule has 4 nitrogen and oxygen atoms in total. The minimum absolute atomic E-state index is 0.0433. The number of nitrogens with zero attached hydrogens (tertiary/aromatic N) is 1. The Morgan fingerprint density at radius 2 is 1.86 bits per heavy atom. The van der Waals surface area contributed by atoms with Gasteiger partial charge in [0.2, 0.25) is 5.91 Å². The van der Waals surface area contributed by atoms with Gasteiger partial charge in [-0.3, -0.25) is 9.69 Å². The predicted molar refractivity (Wildman–Crippen MR) is 89.2 cm³/mol. The molecule has 124 valence electrons. The molecule has 1 fully saturated rings. The minimum Gasteiger partial charge on any atom is -0.355 e. The molecule has 1 rings (SSSR count). The van der Waals surface area contributed by atoms with Gasteiger partial charge in [-0.15, -0.1) is 0 Å². The van der Waals surface area contributed by atoms with Crippen LogP contribution < -0.4 is 11.1 Å². The van der Waals surface area contributed by atoms with Gasteiger partial charge < -0.3 is 11.1 Å². The molecule has 0 aliphatic heterocycles. The highest BCUT2D eigenvalue weighted by atomic mass is 16.2. The Kier molecular flexibility index (Phi) is 8.27. The third kappa shape index (κ3) is 5.95. The van der Waals surface area contributed by atoms with Gasteiger partial charge in [-0.1, -0.05) is 46.5 Å². The number of hydrogen-bond donors (Lipinski definition) is 2. The van der Waals surface area contributed by atoms with Gasteiger partial charge in [0.1, 0.15) is 0 Å². The van der Waals surface area contributed by atoms with E-state index in [1.165, 1.54) is 25.7 Å². The second-order valence-electron chi connectivity index (χ2n) is 6.96. The molecule has 1 aliphatic carbocycles. The van der Waals surface area contributed by atoms with E-state index >= 15 is 0 Å². The average molecular weight is 297 g/mol. The first-order chi connectivity index (χ1) is 10.0. The molecule has 3 N–H and O–H groups in total. The van der Waals surface area contributed by atoms with Crippen molar-refractivity contribution in [2.45, 2.75) is 71.3 Å². The third-order valence-electron chi connectivity index (χ3n) is 4.62. The second kappa shape index (κ2) is 9.42. The lowest BCUT2D eigenvalue weighted by Crippen LogP contribution is -2.56. The fourth-order valence-electron chi connectivity index (χ4n) is 3.34. The molecule has 0 aromatic rings. The summed E-state index contributed by atoms with van der Waals surface area (Å²) in [6, 6.07) is 0. The van der Waals surface area contributed by atoms with Crippen molar-refractivity contribution < 1.29 is 4.79 Å². The molecule has 0 saturated heterocycles. The average Bonchev–Trinajstić information content (AvgIpc) is 2.71. The normalized spacial score (nSPS) is 18.8. The third-order valence-corrected chi connectivity index (χ3v) is 4.62. The van der Waals surface area contributed by atoms with Gasteiger partial charge in [0, 0.05) is 18.6 Å². The molecule has 0 bridgehead atoms. The number of nitrogens with two attached hydrogens (primary N) is 1. The zero-order chi connectivity index (χ0) is 15.7. The summed E-state index contributed by atoms with van der Waals surface area (Å²) >= 11 is 0. The van der Waals surface area contributed by atoms with E-state index < -0.39 is 0 Å². The Morgan fingerprint density at radius 3 is 2.33 bits per heavy atom. The predicted octanol–water partition coefficient (Wildman–Crippen LogP) is 2.52. The van der Waals surface area contributed by atoms with Crippen molar-refractivity contribution in [2.75, 3.05) is 26.2 Å². The first-order valence-corrected chi connectivity index (χ1v) is 8.76. The van der Waals surface area contributed by atoms with E-state index in [9.17, 15) is 4.79 Å². The summed E-state index contributed by atoms with van der Waals surface area (Å²) in [5, 5.41) is 3.05. The Morgan fingerprint density at radius 1 is 1.24 bits per heavy atom. The van der Waals surface area contributed by atoms with E-state index in [1.54, 1.807) is 0 Å². The molecule has 0 spiro atoms. The summed E-state index contributed by atoms with van der Waals surface area (Å²) in [7, 11) is 0. The SMILES string of the molecule is CCCN(CC(=O)NCC(C)C)C1(CN)CCCCCC1. The maximum absolute atomic E-state index is 12.2. The Bertz CT molecular complexity index is 296. The van der Waals surface area contributed by atoms with E-state index in [-0.39, 0.29) is 11.4 Å². The van der Waals surface area contributed by atoms with Gasteiger partial charge in [-0.2, -0.15) is 0 Å². The number of rotatable bonds is 8. The molecule has 1 saturated carbocycles. The van der Waals surface area contributed by atoms with E-state index in [0.29, 0.717) is 19.0 Å². The summed E-state index contributed by atoms with van der Waals surface area (Å²) in [5.41, 5.74) is 6.21. The van der Waals surface area contributed by atoms with Crippen LogP contribution in [0, 0.1) is 5.92 Å². The van der Waals surface area contributed by atoms with Crippen LogP contribution in [0.15, 0.2) is 0 Å². The Balaban J connectivity index is 2.70. The largest absolute Gasteiger partial charge is 0.355 e. The quantitative estimate of drug-likeness (QED) is 0.677. The maximum Gasteiger partial charge on any atom is 0.234 e. The van der Waals surface area contributed by atoms with Gasteiger partial charge in [0.25, 0.3) is 0 Å². The molecule has 0 atom stereocenters. The maximum atomic E-state index is 12.2. The van der Waals surface area contributed by atoms with Gasteiger partial charge in [0.05, 0.1) is 6.54 Å². The van der Waals surface area contributed by atoms with Crippen molar-refractivity contribution in [2.24, 2.45) is 11.7 Å². The van der Waals surface area contributed by atoms with Crippen molar-refractivity contribution in [3.05, 3.63) is 0 Å². The molecule has 4 heteroatoms. The molecule has 1 amide bonds. The van der Waals surface area contributed by atoms with E-state index in [2.05, 4.69) is 31.0 Å². The highest BCUT2D eigenvalue weighted by Gasteiger charge is 2.36. The highest BCUT2D eigenvalue weighted by molar-refractivity contribution is 5.78. The molecule has 0 radical (unpaired) electrons. The molecule has 0 heterocycles. The van der Waals surface area contributed by atoms with Gasteiger partial charge in [0.15, 0.2) is 0 Å². The monoisotopic (exact) mass is 297 g/mol. The van der Waals surface area contributed by atoms with Crippen LogP contribution in [0.3, 0.4) is 0 Å². The number of nitrogens with one attached hydrogen (secondary N) is 1. The first-order valence-electron chi connectivity index (χ1n) is 8.76. The van der Waals surface area contributed by atoms with Gasteiger partial charge in [-0.05, 0) is 31.7 Å². The van der Waals surface area contributed by atoms with Gasteiger partial charge in [-0.25, -0.2) is 0 Å². The van der Waals surface area contributed by atoms with Crippen LogP contribution >= 0.6 is 0 Å². The summed E-state index contributed by atoms with van der Waals surface area (Å²) in [6.45, 7) is 9.32. The number of hydrogen-bond acceptors (Lipinski definition) is 3.